The Bertz CT molecular complexity index is 759. The fourth-order valence-corrected chi connectivity index (χ4v) is 3.55. The third kappa shape index (κ3) is 5.92. The molecule has 2 aromatic carbocycles. The summed E-state index contributed by atoms with van der Waals surface area (Å²) in [6, 6.07) is 17.3. The molecule has 0 aliphatic rings. The molecule has 0 heterocycles. The number of carboxylic acids is 1. The third-order valence-corrected chi connectivity index (χ3v) is 5.20. The molecule has 138 valence electrons. The second kappa shape index (κ2) is 8.90. The maximum atomic E-state index is 12.6. The topological polar surface area (TPSA) is 66.4 Å². The largest absolute Gasteiger partial charge is 0.480 e. The van der Waals surface area contributed by atoms with Crippen molar-refractivity contribution in [2.75, 3.05) is 6.54 Å². The molecule has 0 saturated heterocycles. The molecule has 0 fully saturated rings. The van der Waals surface area contributed by atoms with E-state index >= 15 is 0 Å². The summed E-state index contributed by atoms with van der Waals surface area (Å²) in [6.45, 7) is 6.39. The zero-order chi connectivity index (χ0) is 19.2. The summed E-state index contributed by atoms with van der Waals surface area (Å²) in [5.74, 6) is -1.07. The zero-order valence-corrected chi connectivity index (χ0v) is 16.2. The van der Waals surface area contributed by atoms with Crippen LogP contribution in [0.2, 0.25) is 0 Å². The van der Waals surface area contributed by atoms with Crippen LogP contribution in [-0.2, 0) is 11.2 Å². The van der Waals surface area contributed by atoms with Crippen LogP contribution < -0.4 is 5.32 Å². The van der Waals surface area contributed by atoms with E-state index in [1.807, 2.05) is 24.3 Å². The van der Waals surface area contributed by atoms with E-state index in [4.69, 9.17) is 5.11 Å². The first-order valence-electron chi connectivity index (χ1n) is 8.59. The molecular weight excluding hydrogens is 346 g/mol. The molecule has 0 aliphatic heterocycles. The van der Waals surface area contributed by atoms with E-state index in [9.17, 15) is 9.59 Å². The zero-order valence-electron chi connectivity index (χ0n) is 15.4. The monoisotopic (exact) mass is 371 g/mol. The molecule has 1 unspecified atom stereocenters. The smallest absolute Gasteiger partial charge is 0.316 e. The van der Waals surface area contributed by atoms with Gasteiger partial charge in [-0.1, -0.05) is 56.3 Å². The molecule has 5 heteroatoms. The van der Waals surface area contributed by atoms with Crippen LogP contribution in [0.3, 0.4) is 0 Å². The van der Waals surface area contributed by atoms with Crippen molar-refractivity contribution in [2.24, 2.45) is 5.41 Å². The van der Waals surface area contributed by atoms with Crippen LogP contribution in [0.4, 0.5) is 0 Å². The van der Waals surface area contributed by atoms with Crippen molar-refractivity contribution >= 4 is 23.6 Å². The summed E-state index contributed by atoms with van der Waals surface area (Å²) < 4.78 is 0. The molecule has 1 atom stereocenters. The van der Waals surface area contributed by atoms with Gasteiger partial charge in [-0.3, -0.25) is 9.59 Å². The number of benzene rings is 2. The minimum absolute atomic E-state index is 0.0898. The number of carboxylic acid groups (broad SMARTS) is 1. The lowest BCUT2D eigenvalue weighted by Crippen LogP contribution is -2.35. The van der Waals surface area contributed by atoms with E-state index in [-0.39, 0.29) is 11.3 Å². The molecule has 0 spiro atoms. The lowest BCUT2D eigenvalue weighted by molar-refractivity contribution is -0.136. The highest BCUT2D eigenvalue weighted by molar-refractivity contribution is 8.00. The average molecular weight is 372 g/mol. The lowest BCUT2D eigenvalue weighted by Gasteiger charge is -2.25. The van der Waals surface area contributed by atoms with Gasteiger partial charge in [0.1, 0.15) is 5.25 Å². The number of nitrogens with one attached hydrogen (secondary N) is 1. The summed E-state index contributed by atoms with van der Waals surface area (Å²) in [4.78, 5) is 24.4. The Hall–Kier alpha value is -2.27. The van der Waals surface area contributed by atoms with Crippen LogP contribution in [0.25, 0.3) is 0 Å². The van der Waals surface area contributed by atoms with Crippen molar-refractivity contribution < 1.29 is 14.7 Å². The number of hydrogen-bond acceptors (Lipinski definition) is 3. The molecule has 0 radical (unpaired) electrons. The molecule has 1 amide bonds. The van der Waals surface area contributed by atoms with Crippen molar-refractivity contribution in [3.8, 4) is 0 Å². The normalized spacial score (nSPS) is 12.4. The lowest BCUT2D eigenvalue weighted by atomic mass is 9.85. The van der Waals surface area contributed by atoms with Crippen molar-refractivity contribution in [1.29, 1.82) is 0 Å². The number of aliphatic carboxylic acids is 1. The van der Waals surface area contributed by atoms with E-state index in [0.29, 0.717) is 17.0 Å². The molecule has 4 nitrogen and oxygen atoms in total. The van der Waals surface area contributed by atoms with Gasteiger partial charge in [0, 0.05) is 11.4 Å². The van der Waals surface area contributed by atoms with E-state index < -0.39 is 11.2 Å². The van der Waals surface area contributed by atoms with Crippen molar-refractivity contribution in [1.82, 2.24) is 5.32 Å². The van der Waals surface area contributed by atoms with E-state index in [1.165, 1.54) is 17.3 Å². The Morgan fingerprint density at radius 3 is 2.35 bits per heavy atom. The Balaban J connectivity index is 2.02. The first kappa shape index (κ1) is 20.0. The van der Waals surface area contributed by atoms with Crippen LogP contribution in [-0.4, -0.2) is 28.8 Å². The first-order valence-corrected chi connectivity index (χ1v) is 9.47. The van der Waals surface area contributed by atoms with Gasteiger partial charge in [0.2, 0.25) is 0 Å². The minimum Gasteiger partial charge on any atom is -0.480 e. The number of thioether (sulfide) groups is 1. The van der Waals surface area contributed by atoms with Crippen molar-refractivity contribution in [2.45, 2.75) is 37.3 Å². The summed E-state index contributed by atoms with van der Waals surface area (Å²) in [7, 11) is 0. The van der Waals surface area contributed by atoms with Crippen LogP contribution in [0.1, 0.15) is 36.7 Å². The maximum Gasteiger partial charge on any atom is 0.316 e. The molecule has 0 aromatic heterocycles. The fourth-order valence-electron chi connectivity index (χ4n) is 2.62. The second-order valence-corrected chi connectivity index (χ2v) is 8.49. The molecular formula is C21H25NO3S. The Morgan fingerprint density at radius 2 is 1.69 bits per heavy atom. The third-order valence-electron chi connectivity index (χ3n) is 4.04. The summed E-state index contributed by atoms with van der Waals surface area (Å²) in [5.41, 5.74) is 1.66. The number of amides is 1. The number of rotatable bonds is 8. The van der Waals surface area contributed by atoms with E-state index in [0.717, 1.165) is 6.42 Å². The van der Waals surface area contributed by atoms with Crippen LogP contribution in [0.5, 0.6) is 0 Å². The van der Waals surface area contributed by atoms with Gasteiger partial charge in [-0.2, -0.15) is 0 Å². The van der Waals surface area contributed by atoms with Gasteiger partial charge in [0.05, 0.1) is 5.56 Å². The molecule has 0 saturated carbocycles. The highest BCUT2D eigenvalue weighted by Gasteiger charge is 2.22. The molecule has 0 aliphatic carbocycles. The standard InChI is InChI=1S/C21H25NO3S/c1-15(20(24)25)26-18-12-8-7-11-17(18)19(23)22-14-21(2,3)13-16-9-5-4-6-10-16/h4-12,15H,13-14H2,1-3H3,(H,22,23)(H,24,25). The quantitative estimate of drug-likeness (QED) is 0.681. The van der Waals surface area contributed by atoms with Gasteiger partial charge in [-0.15, -0.1) is 11.8 Å². The SMILES string of the molecule is CC(Sc1ccccc1C(=O)NCC(C)(C)Cc1ccccc1)C(=O)O. The van der Waals surface area contributed by atoms with Crippen LogP contribution in [0, 0.1) is 5.41 Å². The maximum absolute atomic E-state index is 12.6. The Labute approximate surface area is 159 Å². The second-order valence-electron chi connectivity index (χ2n) is 7.10. The first-order chi connectivity index (χ1) is 12.3. The minimum atomic E-state index is -0.894. The highest BCUT2D eigenvalue weighted by atomic mass is 32.2. The molecule has 0 bridgehead atoms. The van der Waals surface area contributed by atoms with Crippen LogP contribution >= 0.6 is 11.8 Å². The van der Waals surface area contributed by atoms with E-state index in [1.54, 1.807) is 25.1 Å². The van der Waals surface area contributed by atoms with Crippen molar-refractivity contribution in [3.63, 3.8) is 0 Å². The Morgan fingerprint density at radius 1 is 1.08 bits per heavy atom. The van der Waals surface area contributed by atoms with Gasteiger partial charge in [-0.05, 0) is 36.5 Å². The van der Waals surface area contributed by atoms with Crippen LogP contribution in [0.15, 0.2) is 59.5 Å². The van der Waals surface area contributed by atoms with Gasteiger partial charge in [0.15, 0.2) is 0 Å². The molecule has 2 N–H and O–H groups in total. The summed E-state index contributed by atoms with van der Waals surface area (Å²) in [5, 5.41) is 11.5. The predicted octanol–water partition coefficient (Wildman–Crippen LogP) is 4.25. The molecule has 2 rings (SSSR count). The predicted molar refractivity (Wildman–Crippen MR) is 106 cm³/mol. The fraction of sp³-hybridized carbons (Fsp3) is 0.333. The molecule has 2 aromatic rings. The average Bonchev–Trinajstić information content (AvgIpc) is 2.60. The molecule has 26 heavy (non-hydrogen) atoms. The van der Waals surface area contributed by atoms with Crippen molar-refractivity contribution in [3.05, 3.63) is 65.7 Å². The Kier molecular flexibility index (Phi) is 6.86. The van der Waals surface area contributed by atoms with Gasteiger partial charge < -0.3 is 10.4 Å². The number of carbonyl (C=O) groups excluding carboxylic acids is 1. The van der Waals surface area contributed by atoms with E-state index in [2.05, 4.69) is 31.3 Å². The van der Waals surface area contributed by atoms with Gasteiger partial charge in [0.25, 0.3) is 5.91 Å². The number of hydrogen-bond donors (Lipinski definition) is 2. The summed E-state index contributed by atoms with van der Waals surface area (Å²) in [6.07, 6.45) is 0.862. The van der Waals surface area contributed by atoms with Gasteiger partial charge >= 0.3 is 5.97 Å². The van der Waals surface area contributed by atoms with Gasteiger partial charge in [-0.25, -0.2) is 0 Å². The number of carbonyl (C=O) groups is 2. The highest BCUT2D eigenvalue weighted by Crippen LogP contribution is 2.27. The summed E-state index contributed by atoms with van der Waals surface area (Å²) >= 11 is 1.18.